The van der Waals surface area contributed by atoms with Crippen LogP contribution < -0.4 is 65.9 Å². The molecule has 434 valence electrons. The Hall–Kier alpha value is -9.06. The number of thioether (sulfide) groups is 1. The molecule has 0 aliphatic carbocycles. The van der Waals surface area contributed by atoms with Crippen LogP contribution in [0.15, 0.2) is 89.5 Å². The minimum atomic E-state index is -1.57. The molecule has 0 radical (unpaired) electrons. The summed E-state index contributed by atoms with van der Waals surface area (Å²) in [7, 11) is 0. The van der Waals surface area contributed by atoms with E-state index in [9.17, 15) is 43.5 Å². The van der Waals surface area contributed by atoms with Gasteiger partial charge in [0.05, 0.1) is 24.6 Å². The van der Waals surface area contributed by atoms with Gasteiger partial charge in [0, 0.05) is 74.0 Å². The van der Waals surface area contributed by atoms with E-state index in [2.05, 4.69) is 72.5 Å². The van der Waals surface area contributed by atoms with Crippen LogP contribution in [0.2, 0.25) is 0 Å². The molecule has 3 aromatic heterocycles. The number of aromatic nitrogens is 6. The van der Waals surface area contributed by atoms with E-state index in [-0.39, 0.29) is 75.6 Å². The molecule has 2 aromatic carbocycles. The summed E-state index contributed by atoms with van der Waals surface area (Å²) in [5.41, 5.74) is 30.8. The summed E-state index contributed by atoms with van der Waals surface area (Å²) in [6.07, 6.45) is 7.14. The number of nitrogens with zero attached hydrogens (tertiary/aromatic N) is 6. The molecule has 1 aliphatic rings. The van der Waals surface area contributed by atoms with Crippen LogP contribution in [0.3, 0.4) is 0 Å². The van der Waals surface area contributed by atoms with Crippen LogP contribution in [0.25, 0.3) is 10.9 Å². The van der Waals surface area contributed by atoms with Gasteiger partial charge in [0.15, 0.2) is 11.9 Å². The van der Waals surface area contributed by atoms with Crippen molar-refractivity contribution in [1.82, 2.24) is 67.2 Å². The molecule has 0 saturated carbocycles. The van der Waals surface area contributed by atoms with E-state index in [0.717, 1.165) is 5.52 Å². The first-order valence-electron chi connectivity index (χ1n) is 26.0. The number of carboxylic acids is 1. The lowest BCUT2D eigenvalue weighted by molar-refractivity contribution is -0.142. The van der Waals surface area contributed by atoms with Crippen molar-refractivity contribution in [2.75, 3.05) is 25.1 Å². The third-order valence-corrected chi connectivity index (χ3v) is 13.6. The van der Waals surface area contributed by atoms with Crippen molar-refractivity contribution in [2.45, 2.75) is 113 Å². The zero-order chi connectivity index (χ0) is 58.4. The zero-order valence-corrected chi connectivity index (χ0v) is 45.3. The number of hydrogen-bond acceptors (Lipinski definition) is 15. The van der Waals surface area contributed by atoms with E-state index >= 15 is 0 Å². The highest BCUT2D eigenvalue weighted by Gasteiger charge is 2.36. The Kier molecular flexibility index (Phi) is 22.9. The predicted octanol–water partition coefficient (Wildman–Crippen LogP) is -3.57. The number of amides is 7. The molecule has 5 aromatic rings. The van der Waals surface area contributed by atoms with Gasteiger partial charge in [0.25, 0.3) is 0 Å². The lowest BCUT2D eigenvalue weighted by atomic mass is 10.0. The van der Waals surface area contributed by atoms with Crippen LogP contribution in [0.5, 0.6) is 0 Å². The molecule has 6 rings (SSSR count). The molecule has 4 heterocycles. The number of nitrogens with two attached hydrogens (primary N) is 5. The predicted molar refractivity (Wildman–Crippen MR) is 300 cm³/mol. The second-order valence-corrected chi connectivity index (χ2v) is 20.2. The largest absolute Gasteiger partial charge is 0.480 e. The quantitative estimate of drug-likeness (QED) is 0.0181. The van der Waals surface area contributed by atoms with Crippen LogP contribution in [0.1, 0.15) is 54.6 Å². The number of carboxylic acid groups (broad SMARTS) is 1. The van der Waals surface area contributed by atoms with Crippen molar-refractivity contribution >= 4 is 81.9 Å². The van der Waals surface area contributed by atoms with Gasteiger partial charge in [-0.1, -0.05) is 53.7 Å². The second kappa shape index (κ2) is 30.3. The molecule has 30 heteroatoms. The fourth-order valence-electron chi connectivity index (χ4n) is 8.76. The monoisotopic (exact) mass is 1140 g/mol. The molecule has 1 aliphatic heterocycles. The van der Waals surface area contributed by atoms with Crippen molar-refractivity contribution < 1.29 is 43.5 Å². The summed E-state index contributed by atoms with van der Waals surface area (Å²) < 4.78 is 1.18. The number of imidazole rings is 1. The Morgan fingerprint density at radius 3 is 2.09 bits per heavy atom. The van der Waals surface area contributed by atoms with Gasteiger partial charge in [0.2, 0.25) is 41.4 Å². The summed E-state index contributed by atoms with van der Waals surface area (Å²) in [4.78, 5) is 133. The summed E-state index contributed by atoms with van der Waals surface area (Å²) >= 11 is 1.36. The molecule has 81 heavy (non-hydrogen) atoms. The average Bonchev–Trinajstić information content (AvgIpc) is 4.26. The first-order valence-corrected chi connectivity index (χ1v) is 27.4. The molecule has 0 unspecified atom stereocenters. The minimum absolute atomic E-state index is 0.0276. The Balaban J connectivity index is 1.46. The van der Waals surface area contributed by atoms with Gasteiger partial charge in [-0.25, -0.2) is 14.5 Å². The van der Waals surface area contributed by atoms with Crippen LogP contribution in [-0.2, 0) is 70.6 Å². The number of hydrogen-bond donors (Lipinski definition) is 15. The molecule has 20 N–H and O–H groups in total. The van der Waals surface area contributed by atoms with Gasteiger partial charge in [-0.05, 0) is 61.3 Å². The van der Waals surface area contributed by atoms with Crippen molar-refractivity contribution in [1.29, 1.82) is 0 Å². The highest BCUT2D eigenvalue weighted by Crippen LogP contribution is 2.20. The van der Waals surface area contributed by atoms with Crippen molar-refractivity contribution in [3.05, 3.63) is 102 Å². The van der Waals surface area contributed by atoms with Crippen molar-refractivity contribution in [2.24, 2.45) is 38.7 Å². The van der Waals surface area contributed by atoms with E-state index < -0.39 is 109 Å². The zero-order valence-electron chi connectivity index (χ0n) is 44.5. The maximum Gasteiger partial charge on any atom is 0.326 e. The summed E-state index contributed by atoms with van der Waals surface area (Å²) in [6.45, 7) is -0.248. The number of H-pyrrole nitrogens is 2. The molecule has 0 spiro atoms. The van der Waals surface area contributed by atoms with Crippen LogP contribution in [0.4, 0.5) is 0 Å². The summed E-state index contributed by atoms with van der Waals surface area (Å²) in [6, 6.07) is 4.51. The first-order chi connectivity index (χ1) is 38.9. The number of carbonyl (C=O) groups excluding carboxylic acids is 7. The fourth-order valence-corrected chi connectivity index (χ4v) is 9.24. The van der Waals surface area contributed by atoms with E-state index in [1.165, 1.54) is 35.2 Å². The molecular formula is C51H70N20O9S. The first kappa shape index (κ1) is 61.2. The lowest BCUT2D eigenvalue weighted by Gasteiger charge is -2.28. The van der Waals surface area contributed by atoms with Crippen LogP contribution in [0, 0.1) is 0 Å². The number of aliphatic imine (C=N–C) groups is 2. The van der Waals surface area contributed by atoms with Crippen molar-refractivity contribution in [3.63, 3.8) is 0 Å². The van der Waals surface area contributed by atoms with Gasteiger partial charge >= 0.3 is 5.97 Å². The highest BCUT2D eigenvalue weighted by molar-refractivity contribution is 7.98. The third-order valence-electron chi connectivity index (χ3n) is 13.0. The topological polar surface area (TPSA) is 471 Å². The standard InChI is InChI=1S/C51H70N20O9S/c1-81-18-15-36(49(79)80)63-46(76)40-22-31-25-71(70-69-31)26-41(68-42(72)33(52)12-7-16-58-50(53)54)48(78)67-39(21-30-24-57-27-61-30)47(77)64-37(19-28-9-3-2-4-10-28)44(74)62-35(14-8-17-59-51(55)56)43(73)65-38(45(75)66-40)20-29-23-60-34-13-6-5-11-32(29)34/h2-6,9-11,13,23-25,27,33,35-41,60H,7-8,12,14-22,26,52H2,1H3,(H,57,61)(H,62,74)(H,63,76)(H,64,77)(H,65,73)(H,66,75)(H,67,78)(H,68,72)(H,79,80)(H4,53,54,58)(H4,55,56,59)/t33-,35-,36-,37+,38-,39-,40-,41-/m0/s1. The second-order valence-electron chi connectivity index (χ2n) is 19.2. The number of nitrogens with one attached hydrogen (secondary N) is 9. The molecule has 8 atom stereocenters. The number of guanidine groups is 2. The molecule has 2 bridgehead atoms. The molecule has 29 nitrogen and oxygen atoms in total. The number of rotatable bonds is 22. The molecule has 7 amide bonds. The molecule has 0 fully saturated rings. The Bertz CT molecular complexity index is 3000. The maximum absolute atomic E-state index is 14.9. The number of aliphatic carboxylic acids is 1. The van der Waals surface area contributed by atoms with Crippen LogP contribution >= 0.6 is 11.8 Å². The SMILES string of the molecule is CSCC[C@H](NC(=O)[C@@H]1Cc2cn(nn2)C[C@H](NC(=O)[C@@H](N)CCCN=C(N)N)C(=O)N[C@@H](Cc2cnc[nH]2)C(=O)N[C@H](Cc2ccccc2)C(=O)N[C@@H](CCCN=C(N)N)C(=O)N[C@@H](Cc2c[nH]c3ccccc23)C(=O)N1)C(=O)O. The number of para-hydroxylation sites is 1. The van der Waals surface area contributed by atoms with Gasteiger partial charge < -0.3 is 81.0 Å². The van der Waals surface area contributed by atoms with E-state index in [4.69, 9.17) is 28.7 Å². The van der Waals surface area contributed by atoms with Crippen LogP contribution in [-0.4, -0.2) is 168 Å². The molecule has 0 saturated heterocycles. The Morgan fingerprint density at radius 1 is 0.778 bits per heavy atom. The van der Waals surface area contributed by atoms with E-state index in [1.807, 2.05) is 18.2 Å². The Morgan fingerprint density at radius 2 is 1.41 bits per heavy atom. The Labute approximate surface area is 469 Å². The fraction of sp³-hybridized carbons (Fsp3) is 0.431. The third kappa shape index (κ3) is 19.1. The number of aromatic amines is 2. The van der Waals surface area contributed by atoms with Gasteiger partial charge in [0.1, 0.15) is 42.3 Å². The number of fused-ring (bicyclic) bond motifs is 3. The van der Waals surface area contributed by atoms with Crippen molar-refractivity contribution in [3.8, 4) is 0 Å². The number of carbonyl (C=O) groups is 8. The lowest BCUT2D eigenvalue weighted by Crippen LogP contribution is -2.61. The van der Waals surface area contributed by atoms with Gasteiger partial charge in [-0.2, -0.15) is 11.8 Å². The maximum atomic E-state index is 14.9. The number of benzene rings is 2. The summed E-state index contributed by atoms with van der Waals surface area (Å²) in [5, 5.41) is 38.2. The average molecular weight is 1140 g/mol. The van der Waals surface area contributed by atoms with Gasteiger partial charge in [-0.3, -0.25) is 43.5 Å². The summed E-state index contributed by atoms with van der Waals surface area (Å²) in [5.74, 6) is -7.36. The minimum Gasteiger partial charge on any atom is -0.480 e. The smallest absolute Gasteiger partial charge is 0.326 e. The highest BCUT2D eigenvalue weighted by atomic mass is 32.2. The molecular weight excluding hydrogens is 1070 g/mol. The van der Waals surface area contributed by atoms with E-state index in [0.29, 0.717) is 34.4 Å². The normalized spacial score (nSPS) is 20.1. The van der Waals surface area contributed by atoms with Gasteiger partial charge in [-0.15, -0.1) is 5.10 Å². The van der Waals surface area contributed by atoms with E-state index in [1.54, 1.807) is 48.9 Å².